The first-order chi connectivity index (χ1) is 17.7. The number of piperidine rings is 1. The smallest absolute Gasteiger partial charge is 0.345 e. The van der Waals surface area contributed by atoms with E-state index >= 15 is 0 Å². The van der Waals surface area contributed by atoms with Crippen LogP contribution in [0.1, 0.15) is 75.1 Å². The van der Waals surface area contributed by atoms with E-state index in [1.54, 1.807) is 11.8 Å². The SMILES string of the molecule is CCCSc1ccc(C(=O)NC2C3CC4CC2CC(OC(F)F)(C4)C3)c(N2CCC[C@@H](CC(=O)O)C2)n1. The van der Waals surface area contributed by atoms with E-state index in [-0.39, 0.29) is 36.1 Å². The molecule has 1 aliphatic heterocycles. The number of carbonyl (C=O) groups is 2. The molecule has 37 heavy (non-hydrogen) atoms. The summed E-state index contributed by atoms with van der Waals surface area (Å²) in [4.78, 5) is 32.0. The van der Waals surface area contributed by atoms with Gasteiger partial charge in [0, 0.05) is 25.6 Å². The molecule has 4 bridgehead atoms. The number of ether oxygens (including phenoxy) is 1. The predicted molar refractivity (Wildman–Crippen MR) is 137 cm³/mol. The second-order valence-corrected chi connectivity index (χ2v) is 12.6. The molecule has 1 aromatic rings. The van der Waals surface area contributed by atoms with Crippen molar-refractivity contribution in [1.82, 2.24) is 10.3 Å². The Hall–Kier alpha value is -1.94. The van der Waals surface area contributed by atoms with Crippen molar-refractivity contribution < 1.29 is 28.2 Å². The molecule has 1 saturated heterocycles. The van der Waals surface area contributed by atoms with E-state index in [1.165, 1.54) is 0 Å². The molecule has 2 unspecified atom stereocenters. The number of aromatic nitrogens is 1. The molecule has 0 aromatic carbocycles. The Morgan fingerprint density at radius 1 is 1.27 bits per heavy atom. The zero-order valence-corrected chi connectivity index (χ0v) is 22.2. The van der Waals surface area contributed by atoms with Gasteiger partial charge in [0.05, 0.1) is 16.2 Å². The lowest BCUT2D eigenvalue weighted by Gasteiger charge is -2.59. The molecule has 4 saturated carbocycles. The molecule has 204 valence electrons. The molecule has 5 fully saturated rings. The zero-order chi connectivity index (χ0) is 26.2. The van der Waals surface area contributed by atoms with Gasteiger partial charge < -0.3 is 20.1 Å². The second-order valence-electron chi connectivity index (χ2n) is 11.5. The Kier molecular flexibility index (Phi) is 7.96. The van der Waals surface area contributed by atoms with Crippen LogP contribution in [-0.2, 0) is 9.53 Å². The van der Waals surface area contributed by atoms with E-state index in [0.29, 0.717) is 43.1 Å². The van der Waals surface area contributed by atoms with Gasteiger partial charge in [0.15, 0.2) is 0 Å². The molecule has 10 heteroatoms. The average molecular weight is 538 g/mol. The lowest BCUT2D eigenvalue weighted by molar-refractivity contribution is -0.260. The van der Waals surface area contributed by atoms with Crippen LogP contribution in [0.5, 0.6) is 0 Å². The summed E-state index contributed by atoms with van der Waals surface area (Å²) in [7, 11) is 0. The average Bonchev–Trinajstić information content (AvgIpc) is 2.83. The maximum absolute atomic E-state index is 13.7. The minimum atomic E-state index is -2.77. The number of nitrogens with zero attached hydrogens (tertiary/aromatic N) is 2. The molecule has 2 heterocycles. The van der Waals surface area contributed by atoms with Crippen LogP contribution in [0.4, 0.5) is 14.6 Å². The number of alkyl halides is 2. The summed E-state index contributed by atoms with van der Waals surface area (Å²) in [6.07, 6.45) is 6.53. The van der Waals surface area contributed by atoms with E-state index in [2.05, 4.69) is 17.1 Å². The number of nitrogens with one attached hydrogen (secondary N) is 1. The standard InChI is InChI=1S/C27H37F2N3O4S/c1-2-8-37-21-6-5-20(24(30-21)32-7-3-4-16(15-32)11-22(33)34)25(35)31-23-18-9-17-10-19(23)14-27(12-17,13-18)36-26(28)29/h5-6,16-19,23,26H,2-4,7-15H2,1H3,(H,31,35)(H,33,34)/t16-,17?,18?,19?,23?,27?/m0/s1. The van der Waals surface area contributed by atoms with Crippen LogP contribution < -0.4 is 10.2 Å². The lowest BCUT2D eigenvalue weighted by atomic mass is 9.52. The lowest BCUT2D eigenvalue weighted by Crippen LogP contribution is -2.62. The molecule has 2 N–H and O–H groups in total. The van der Waals surface area contributed by atoms with Gasteiger partial charge in [0.2, 0.25) is 0 Å². The van der Waals surface area contributed by atoms with Gasteiger partial charge in [-0.15, -0.1) is 11.8 Å². The molecule has 6 rings (SSSR count). The third kappa shape index (κ3) is 5.90. The minimum absolute atomic E-state index is 0.0198. The van der Waals surface area contributed by atoms with E-state index in [0.717, 1.165) is 49.4 Å². The van der Waals surface area contributed by atoms with Gasteiger partial charge in [-0.3, -0.25) is 9.59 Å². The highest BCUT2D eigenvalue weighted by Crippen LogP contribution is 2.57. The minimum Gasteiger partial charge on any atom is -0.481 e. The summed E-state index contributed by atoms with van der Waals surface area (Å²) in [6, 6.07) is 3.68. The molecular formula is C27H37F2N3O4S. The fourth-order valence-electron chi connectivity index (χ4n) is 7.56. The quantitative estimate of drug-likeness (QED) is 0.397. The largest absolute Gasteiger partial charge is 0.481 e. The summed E-state index contributed by atoms with van der Waals surface area (Å²) in [5.74, 6) is 1.24. The molecule has 1 aromatic heterocycles. The van der Waals surface area contributed by atoms with E-state index in [9.17, 15) is 23.5 Å². The monoisotopic (exact) mass is 537 g/mol. The van der Waals surface area contributed by atoms with Crippen LogP contribution in [0.2, 0.25) is 0 Å². The van der Waals surface area contributed by atoms with Gasteiger partial charge in [-0.2, -0.15) is 8.78 Å². The van der Waals surface area contributed by atoms with Gasteiger partial charge in [0.25, 0.3) is 5.91 Å². The number of rotatable bonds is 10. The van der Waals surface area contributed by atoms with Crippen molar-refractivity contribution in [2.45, 2.75) is 88.0 Å². The number of pyridine rings is 1. The fraction of sp³-hybridized carbons (Fsp3) is 0.741. The van der Waals surface area contributed by atoms with E-state index < -0.39 is 18.2 Å². The Balaban J connectivity index is 1.35. The normalized spacial score (nSPS) is 32.6. The van der Waals surface area contributed by atoms with E-state index in [1.807, 2.05) is 12.1 Å². The Bertz CT molecular complexity index is 992. The third-order valence-corrected chi connectivity index (χ3v) is 9.82. The van der Waals surface area contributed by atoms with Crippen LogP contribution in [0.25, 0.3) is 0 Å². The van der Waals surface area contributed by atoms with Crippen LogP contribution in [-0.4, -0.2) is 59.1 Å². The van der Waals surface area contributed by atoms with Crippen molar-refractivity contribution in [3.8, 4) is 0 Å². The number of carboxylic acid groups (broad SMARTS) is 1. The van der Waals surface area contributed by atoms with Gasteiger partial charge >= 0.3 is 12.6 Å². The number of anilines is 1. The third-order valence-electron chi connectivity index (χ3n) is 8.68. The topological polar surface area (TPSA) is 91.8 Å². The molecule has 1 amide bonds. The number of aliphatic carboxylic acids is 1. The first-order valence-electron chi connectivity index (χ1n) is 13.6. The number of hydrogen-bond acceptors (Lipinski definition) is 6. The number of amides is 1. The van der Waals surface area contributed by atoms with Gasteiger partial charge in [0.1, 0.15) is 5.82 Å². The summed E-state index contributed by atoms with van der Waals surface area (Å²) in [5, 5.41) is 13.4. The number of hydrogen-bond donors (Lipinski definition) is 2. The first kappa shape index (κ1) is 26.7. The first-order valence-corrected chi connectivity index (χ1v) is 14.6. The molecule has 0 radical (unpaired) electrons. The number of carbonyl (C=O) groups excluding carboxylic acids is 1. The van der Waals surface area contributed by atoms with Crippen molar-refractivity contribution in [3.63, 3.8) is 0 Å². The van der Waals surface area contributed by atoms with E-state index in [4.69, 9.17) is 9.72 Å². The van der Waals surface area contributed by atoms with Crippen LogP contribution in [0.3, 0.4) is 0 Å². The number of carboxylic acids is 1. The number of halogens is 2. The van der Waals surface area contributed by atoms with Crippen LogP contribution in [0, 0.1) is 23.7 Å². The van der Waals surface area contributed by atoms with Crippen molar-refractivity contribution in [1.29, 1.82) is 0 Å². The predicted octanol–water partition coefficient (Wildman–Crippen LogP) is 5.19. The summed E-state index contributed by atoms with van der Waals surface area (Å²) in [5.41, 5.74) is -0.242. The van der Waals surface area contributed by atoms with Gasteiger partial charge in [-0.05, 0) is 92.9 Å². The molecular weight excluding hydrogens is 500 g/mol. The fourth-order valence-corrected chi connectivity index (χ4v) is 8.28. The van der Waals surface area contributed by atoms with Gasteiger partial charge in [-0.1, -0.05) is 6.92 Å². The Labute approximate surface area is 221 Å². The highest BCUT2D eigenvalue weighted by Gasteiger charge is 2.57. The second kappa shape index (κ2) is 11.0. The van der Waals surface area contributed by atoms with Crippen molar-refractivity contribution in [3.05, 3.63) is 17.7 Å². The summed E-state index contributed by atoms with van der Waals surface area (Å²) < 4.78 is 31.5. The number of thioether (sulfide) groups is 1. The molecule has 0 spiro atoms. The summed E-state index contributed by atoms with van der Waals surface area (Å²) >= 11 is 1.65. The maximum atomic E-state index is 13.7. The Morgan fingerprint density at radius 2 is 2.03 bits per heavy atom. The van der Waals surface area contributed by atoms with Crippen LogP contribution >= 0.6 is 11.8 Å². The van der Waals surface area contributed by atoms with Crippen molar-refractivity contribution in [2.75, 3.05) is 23.7 Å². The van der Waals surface area contributed by atoms with Gasteiger partial charge in [-0.25, -0.2) is 4.98 Å². The van der Waals surface area contributed by atoms with Crippen LogP contribution in [0.15, 0.2) is 17.2 Å². The molecule has 4 aliphatic carbocycles. The van der Waals surface area contributed by atoms with Crippen molar-refractivity contribution >= 4 is 29.5 Å². The molecule has 7 nitrogen and oxygen atoms in total. The van der Waals surface area contributed by atoms with Crippen molar-refractivity contribution in [2.24, 2.45) is 23.7 Å². The zero-order valence-electron chi connectivity index (χ0n) is 21.3. The molecule has 3 atom stereocenters. The summed E-state index contributed by atoms with van der Waals surface area (Å²) in [6.45, 7) is 0.634. The maximum Gasteiger partial charge on any atom is 0.345 e. The highest BCUT2D eigenvalue weighted by atomic mass is 32.2. The highest BCUT2D eigenvalue weighted by molar-refractivity contribution is 7.99. The molecule has 5 aliphatic rings. The Morgan fingerprint density at radius 3 is 2.70 bits per heavy atom.